The van der Waals surface area contributed by atoms with Crippen LogP contribution in [0.2, 0.25) is 0 Å². The Morgan fingerprint density at radius 3 is 2.00 bits per heavy atom. The molecule has 0 radical (unpaired) electrons. The number of hydrogen-bond acceptors (Lipinski definition) is 6. The first-order valence-electron chi connectivity index (χ1n) is 10.7. The Morgan fingerprint density at radius 2 is 1.48 bits per heavy atom. The van der Waals surface area contributed by atoms with E-state index in [4.69, 9.17) is 14.6 Å². The Morgan fingerprint density at radius 1 is 0.909 bits per heavy atom. The van der Waals surface area contributed by atoms with Crippen molar-refractivity contribution in [3.8, 4) is 11.1 Å². The van der Waals surface area contributed by atoms with Gasteiger partial charge in [-0.25, -0.2) is 14.4 Å². The summed E-state index contributed by atoms with van der Waals surface area (Å²) in [5, 5.41) is 13.6. The average molecular weight is 454 g/mol. The second kappa shape index (κ2) is 10.6. The Bertz CT molecular complexity index is 1010. The summed E-state index contributed by atoms with van der Waals surface area (Å²) in [6.45, 7) is 3.08. The number of esters is 1. The minimum absolute atomic E-state index is 0.0102. The molecule has 1 aliphatic carbocycles. The van der Waals surface area contributed by atoms with E-state index in [2.05, 4.69) is 10.6 Å². The molecule has 0 saturated heterocycles. The van der Waals surface area contributed by atoms with E-state index < -0.39 is 36.0 Å². The fraction of sp³-hybridized carbons (Fsp3) is 0.333. The fourth-order valence-corrected chi connectivity index (χ4v) is 3.81. The molecule has 0 aromatic heterocycles. The van der Waals surface area contributed by atoms with E-state index in [1.807, 2.05) is 48.5 Å². The summed E-state index contributed by atoms with van der Waals surface area (Å²) < 4.78 is 10.2. The first kappa shape index (κ1) is 23.8. The number of benzene rings is 2. The van der Waals surface area contributed by atoms with Crippen molar-refractivity contribution in [3.05, 3.63) is 59.7 Å². The van der Waals surface area contributed by atoms with Gasteiger partial charge >= 0.3 is 18.0 Å². The van der Waals surface area contributed by atoms with Gasteiger partial charge in [-0.15, -0.1) is 0 Å². The molecule has 1 aliphatic rings. The molecule has 9 heteroatoms. The van der Waals surface area contributed by atoms with Crippen LogP contribution in [0.15, 0.2) is 48.5 Å². The lowest BCUT2D eigenvalue weighted by atomic mass is 9.98. The summed E-state index contributed by atoms with van der Waals surface area (Å²) in [6.07, 6.45) is -0.893. The number of carbonyl (C=O) groups is 4. The molecule has 0 bridgehead atoms. The molecule has 174 valence electrons. The minimum Gasteiger partial charge on any atom is -0.480 e. The Kier molecular flexibility index (Phi) is 7.66. The maximum absolute atomic E-state index is 12.5. The van der Waals surface area contributed by atoms with E-state index in [0.29, 0.717) is 0 Å². The molecule has 2 atom stereocenters. The highest BCUT2D eigenvalue weighted by molar-refractivity contribution is 6.05. The number of hydrogen-bond donors (Lipinski definition) is 3. The zero-order chi connectivity index (χ0) is 24.0. The van der Waals surface area contributed by atoms with E-state index in [-0.39, 0.29) is 25.6 Å². The van der Waals surface area contributed by atoms with Gasteiger partial charge in [0.05, 0.1) is 6.61 Å². The van der Waals surface area contributed by atoms with Crippen molar-refractivity contribution in [1.29, 1.82) is 0 Å². The van der Waals surface area contributed by atoms with E-state index in [0.717, 1.165) is 22.3 Å². The lowest BCUT2D eigenvalue weighted by Crippen LogP contribution is -2.55. The van der Waals surface area contributed by atoms with Crippen LogP contribution in [0, 0.1) is 0 Å². The highest BCUT2D eigenvalue weighted by atomic mass is 16.6. The number of ether oxygens (including phenoxy) is 2. The molecule has 0 aliphatic heterocycles. The first-order valence-corrected chi connectivity index (χ1v) is 10.7. The predicted octanol–water partition coefficient (Wildman–Crippen LogP) is 2.44. The third kappa shape index (κ3) is 5.31. The summed E-state index contributed by atoms with van der Waals surface area (Å²) in [5.41, 5.74) is 4.15. The molecule has 33 heavy (non-hydrogen) atoms. The normalized spacial score (nSPS) is 13.8. The second-order valence-electron chi connectivity index (χ2n) is 7.46. The number of aliphatic carboxylic acids is 1. The van der Waals surface area contributed by atoms with Crippen LogP contribution in [-0.2, 0) is 23.9 Å². The molecule has 1 unspecified atom stereocenters. The van der Waals surface area contributed by atoms with Crippen LogP contribution < -0.4 is 10.6 Å². The maximum Gasteiger partial charge on any atom is 0.408 e. The molecular weight excluding hydrogens is 428 g/mol. The first-order chi connectivity index (χ1) is 15.9. The number of carboxylic acids is 1. The van der Waals surface area contributed by atoms with E-state index in [1.54, 1.807) is 13.8 Å². The van der Waals surface area contributed by atoms with Crippen LogP contribution in [0.5, 0.6) is 0 Å². The average Bonchev–Trinajstić information content (AvgIpc) is 3.13. The van der Waals surface area contributed by atoms with Crippen molar-refractivity contribution in [2.75, 3.05) is 13.2 Å². The molecular formula is C24H26N2O7. The Hall–Kier alpha value is -3.88. The van der Waals surface area contributed by atoms with E-state index in [1.165, 1.54) is 0 Å². The highest BCUT2D eigenvalue weighted by Crippen LogP contribution is 2.44. The molecule has 0 heterocycles. The number of rotatable bonds is 9. The Balaban J connectivity index is 1.70. The van der Waals surface area contributed by atoms with Gasteiger partial charge in [-0.2, -0.15) is 0 Å². The molecule has 9 nitrogen and oxygen atoms in total. The van der Waals surface area contributed by atoms with Gasteiger partial charge < -0.3 is 19.9 Å². The number of carbonyl (C=O) groups excluding carboxylic acids is 3. The van der Waals surface area contributed by atoms with Crippen LogP contribution >= 0.6 is 0 Å². The summed E-state index contributed by atoms with van der Waals surface area (Å²) >= 11 is 0. The lowest BCUT2D eigenvalue weighted by Gasteiger charge is -2.20. The monoisotopic (exact) mass is 454 g/mol. The zero-order valence-electron chi connectivity index (χ0n) is 18.4. The van der Waals surface area contributed by atoms with Crippen molar-refractivity contribution in [1.82, 2.24) is 10.6 Å². The topological polar surface area (TPSA) is 131 Å². The quantitative estimate of drug-likeness (QED) is 0.392. The molecule has 3 N–H and O–H groups in total. The van der Waals surface area contributed by atoms with Crippen molar-refractivity contribution in [2.24, 2.45) is 0 Å². The lowest BCUT2D eigenvalue weighted by molar-refractivity contribution is -0.151. The van der Waals surface area contributed by atoms with Gasteiger partial charge in [0, 0.05) is 5.92 Å². The fourth-order valence-electron chi connectivity index (χ4n) is 3.81. The molecule has 3 rings (SSSR count). The summed E-state index contributed by atoms with van der Waals surface area (Å²) in [6, 6.07) is 12.7. The smallest absolute Gasteiger partial charge is 0.408 e. The van der Waals surface area contributed by atoms with Gasteiger partial charge in [0.2, 0.25) is 6.04 Å². The van der Waals surface area contributed by atoms with Crippen LogP contribution in [0.25, 0.3) is 11.1 Å². The molecule has 0 fully saturated rings. The predicted molar refractivity (Wildman–Crippen MR) is 118 cm³/mol. The zero-order valence-corrected chi connectivity index (χ0v) is 18.4. The van der Waals surface area contributed by atoms with Gasteiger partial charge in [-0.3, -0.25) is 10.1 Å². The van der Waals surface area contributed by atoms with Crippen LogP contribution in [-0.4, -0.2) is 54.3 Å². The highest BCUT2D eigenvalue weighted by Gasteiger charge is 2.34. The number of carboxylic acid groups (broad SMARTS) is 1. The van der Waals surface area contributed by atoms with Crippen molar-refractivity contribution >= 4 is 23.9 Å². The summed E-state index contributed by atoms with van der Waals surface area (Å²) in [5.74, 6) is -3.45. The number of fused-ring (bicyclic) bond motifs is 3. The van der Waals surface area contributed by atoms with Gasteiger partial charge in [-0.05, 0) is 35.6 Å². The van der Waals surface area contributed by atoms with Crippen molar-refractivity contribution < 1.29 is 33.8 Å². The summed E-state index contributed by atoms with van der Waals surface area (Å²) in [4.78, 5) is 48.5. The number of alkyl carbamates (subject to hydrolysis) is 1. The van der Waals surface area contributed by atoms with Crippen molar-refractivity contribution in [2.45, 2.75) is 38.3 Å². The minimum atomic E-state index is -1.74. The standard InChI is InChI=1S/C24H26N2O7/c1-3-19(22(28)29)25-21(27)20(23(30)32-4-2)26-24(31)33-13-18-16-11-7-5-9-14(16)15-10-6-8-12-17(15)18/h5-12,18-20H,3-4,13H2,1-2H3,(H,25,27)(H,26,31)(H,28,29)/t19-,20?/m1/s1. The third-order valence-corrected chi connectivity index (χ3v) is 5.41. The molecule has 2 aromatic carbocycles. The van der Waals surface area contributed by atoms with Gasteiger partial charge in [-0.1, -0.05) is 55.5 Å². The number of nitrogens with one attached hydrogen (secondary N) is 2. The van der Waals surface area contributed by atoms with E-state index in [9.17, 15) is 19.2 Å². The van der Waals surface area contributed by atoms with Gasteiger partial charge in [0.1, 0.15) is 12.6 Å². The van der Waals surface area contributed by atoms with Gasteiger partial charge in [0.25, 0.3) is 5.91 Å². The largest absolute Gasteiger partial charge is 0.480 e. The number of amides is 2. The second-order valence-corrected chi connectivity index (χ2v) is 7.46. The van der Waals surface area contributed by atoms with Crippen molar-refractivity contribution in [3.63, 3.8) is 0 Å². The van der Waals surface area contributed by atoms with Crippen LogP contribution in [0.4, 0.5) is 4.79 Å². The summed E-state index contributed by atoms with van der Waals surface area (Å²) in [7, 11) is 0. The Labute approximate surface area is 191 Å². The van der Waals surface area contributed by atoms with Crippen LogP contribution in [0.1, 0.15) is 37.3 Å². The molecule has 0 spiro atoms. The van der Waals surface area contributed by atoms with Crippen LogP contribution in [0.3, 0.4) is 0 Å². The SMILES string of the molecule is CCOC(=O)C(NC(=O)OCC1c2ccccc2-c2ccccc21)C(=O)N[C@H](CC)C(=O)O. The molecule has 2 amide bonds. The van der Waals surface area contributed by atoms with Gasteiger partial charge in [0.15, 0.2) is 0 Å². The molecule has 0 saturated carbocycles. The third-order valence-electron chi connectivity index (χ3n) is 5.41. The van der Waals surface area contributed by atoms with E-state index >= 15 is 0 Å². The maximum atomic E-state index is 12.5. The molecule has 2 aromatic rings.